The quantitative estimate of drug-likeness (QED) is 0.870. The van der Waals surface area contributed by atoms with Crippen LogP contribution in [0.1, 0.15) is 48.2 Å². The molecular formula is C14H20N2O. The van der Waals surface area contributed by atoms with Gasteiger partial charge in [-0.25, -0.2) is 0 Å². The number of amides is 1. The second-order valence-corrected chi connectivity index (χ2v) is 4.90. The van der Waals surface area contributed by atoms with Crippen LogP contribution in [0.15, 0.2) is 18.3 Å². The van der Waals surface area contributed by atoms with Crippen LogP contribution in [0.2, 0.25) is 0 Å². The van der Waals surface area contributed by atoms with Gasteiger partial charge in [-0.1, -0.05) is 19.3 Å². The Bertz CT molecular complexity index is 366. The third-order valence-corrected chi connectivity index (χ3v) is 3.45. The SMILES string of the molecule is Cc1ccc(C(=O)NCC2CCCCC2)cn1. The van der Waals surface area contributed by atoms with Gasteiger partial charge in [0.25, 0.3) is 5.91 Å². The van der Waals surface area contributed by atoms with E-state index in [9.17, 15) is 4.79 Å². The normalized spacial score (nSPS) is 16.8. The van der Waals surface area contributed by atoms with Gasteiger partial charge >= 0.3 is 0 Å². The first kappa shape index (κ1) is 12.1. The standard InChI is InChI=1S/C14H20N2O/c1-11-7-8-13(10-15-11)14(17)16-9-12-5-3-2-4-6-12/h7-8,10,12H,2-6,9H2,1H3,(H,16,17). The van der Waals surface area contributed by atoms with Crippen LogP contribution < -0.4 is 5.32 Å². The van der Waals surface area contributed by atoms with E-state index in [1.165, 1.54) is 32.1 Å². The van der Waals surface area contributed by atoms with Crippen molar-refractivity contribution in [3.05, 3.63) is 29.6 Å². The average Bonchev–Trinajstić information content (AvgIpc) is 2.38. The summed E-state index contributed by atoms with van der Waals surface area (Å²) in [7, 11) is 0. The fraction of sp³-hybridized carbons (Fsp3) is 0.571. The molecule has 3 heteroatoms. The molecule has 2 rings (SSSR count). The van der Waals surface area contributed by atoms with Gasteiger partial charge in [-0.15, -0.1) is 0 Å². The van der Waals surface area contributed by atoms with Crippen molar-refractivity contribution in [1.29, 1.82) is 0 Å². The third kappa shape index (κ3) is 3.55. The van der Waals surface area contributed by atoms with Crippen LogP contribution in [-0.4, -0.2) is 17.4 Å². The Labute approximate surface area is 103 Å². The van der Waals surface area contributed by atoms with Gasteiger partial charge in [0.1, 0.15) is 0 Å². The van der Waals surface area contributed by atoms with Crippen LogP contribution >= 0.6 is 0 Å². The topological polar surface area (TPSA) is 42.0 Å². The molecule has 1 aliphatic rings. The van der Waals surface area contributed by atoms with E-state index in [-0.39, 0.29) is 5.91 Å². The second-order valence-electron chi connectivity index (χ2n) is 4.90. The van der Waals surface area contributed by atoms with Crippen molar-refractivity contribution in [2.45, 2.75) is 39.0 Å². The van der Waals surface area contributed by atoms with Crippen molar-refractivity contribution in [1.82, 2.24) is 10.3 Å². The van der Waals surface area contributed by atoms with Crippen LogP contribution in [0.25, 0.3) is 0 Å². The number of hydrogen-bond donors (Lipinski definition) is 1. The van der Waals surface area contributed by atoms with E-state index in [0.29, 0.717) is 11.5 Å². The van der Waals surface area contributed by atoms with E-state index in [4.69, 9.17) is 0 Å². The number of carbonyl (C=O) groups is 1. The summed E-state index contributed by atoms with van der Waals surface area (Å²) in [6.45, 7) is 2.73. The number of aromatic nitrogens is 1. The van der Waals surface area contributed by atoms with E-state index in [2.05, 4.69) is 10.3 Å². The summed E-state index contributed by atoms with van der Waals surface area (Å²) >= 11 is 0. The molecule has 1 amide bonds. The van der Waals surface area contributed by atoms with E-state index >= 15 is 0 Å². The Morgan fingerprint density at radius 3 is 2.76 bits per heavy atom. The van der Waals surface area contributed by atoms with Crippen molar-refractivity contribution in [3.63, 3.8) is 0 Å². The number of rotatable bonds is 3. The van der Waals surface area contributed by atoms with Crippen molar-refractivity contribution in [2.24, 2.45) is 5.92 Å². The van der Waals surface area contributed by atoms with Gasteiger partial charge in [-0.3, -0.25) is 9.78 Å². The molecular weight excluding hydrogens is 212 g/mol. The Kier molecular flexibility index (Phi) is 4.13. The molecule has 0 unspecified atom stereocenters. The summed E-state index contributed by atoms with van der Waals surface area (Å²) in [6.07, 6.45) is 8.13. The molecule has 0 spiro atoms. The average molecular weight is 232 g/mol. The molecule has 0 aromatic carbocycles. The lowest BCUT2D eigenvalue weighted by atomic mass is 9.89. The van der Waals surface area contributed by atoms with E-state index < -0.39 is 0 Å². The lowest BCUT2D eigenvalue weighted by Crippen LogP contribution is -2.30. The van der Waals surface area contributed by atoms with Gasteiger partial charge in [0.05, 0.1) is 5.56 Å². The summed E-state index contributed by atoms with van der Waals surface area (Å²) in [5.41, 5.74) is 1.60. The highest BCUT2D eigenvalue weighted by atomic mass is 16.1. The molecule has 3 nitrogen and oxygen atoms in total. The Morgan fingerprint density at radius 1 is 1.35 bits per heavy atom. The molecule has 0 radical (unpaired) electrons. The zero-order valence-electron chi connectivity index (χ0n) is 10.4. The van der Waals surface area contributed by atoms with Gasteiger partial charge < -0.3 is 5.32 Å². The zero-order valence-corrected chi connectivity index (χ0v) is 10.4. The van der Waals surface area contributed by atoms with Crippen LogP contribution in [0, 0.1) is 12.8 Å². The van der Waals surface area contributed by atoms with Crippen LogP contribution in [0.4, 0.5) is 0 Å². The minimum absolute atomic E-state index is 0.00285. The van der Waals surface area contributed by atoms with Crippen molar-refractivity contribution in [2.75, 3.05) is 6.54 Å². The first-order chi connectivity index (χ1) is 8.25. The molecule has 0 bridgehead atoms. The molecule has 1 fully saturated rings. The molecule has 0 aliphatic heterocycles. The monoisotopic (exact) mass is 232 g/mol. The fourth-order valence-electron chi connectivity index (χ4n) is 2.33. The number of aryl methyl sites for hydroxylation is 1. The highest BCUT2D eigenvalue weighted by molar-refractivity contribution is 5.93. The minimum Gasteiger partial charge on any atom is -0.352 e. The Hall–Kier alpha value is -1.38. The maximum Gasteiger partial charge on any atom is 0.252 e. The fourth-order valence-corrected chi connectivity index (χ4v) is 2.33. The van der Waals surface area contributed by atoms with Gasteiger partial charge in [-0.2, -0.15) is 0 Å². The molecule has 1 N–H and O–H groups in total. The van der Waals surface area contributed by atoms with Crippen LogP contribution in [0.5, 0.6) is 0 Å². The molecule has 1 saturated carbocycles. The molecule has 1 heterocycles. The van der Waals surface area contributed by atoms with Crippen molar-refractivity contribution < 1.29 is 4.79 Å². The lowest BCUT2D eigenvalue weighted by molar-refractivity contribution is 0.0943. The first-order valence-corrected chi connectivity index (χ1v) is 6.46. The molecule has 92 valence electrons. The highest BCUT2D eigenvalue weighted by Crippen LogP contribution is 2.22. The first-order valence-electron chi connectivity index (χ1n) is 6.46. The van der Waals surface area contributed by atoms with E-state index in [0.717, 1.165) is 12.2 Å². The summed E-state index contributed by atoms with van der Waals surface area (Å²) in [5, 5.41) is 3.01. The van der Waals surface area contributed by atoms with Crippen LogP contribution in [0.3, 0.4) is 0 Å². The van der Waals surface area contributed by atoms with E-state index in [1.54, 1.807) is 6.20 Å². The summed E-state index contributed by atoms with van der Waals surface area (Å²) < 4.78 is 0. The Morgan fingerprint density at radius 2 is 2.12 bits per heavy atom. The Balaban J connectivity index is 1.82. The van der Waals surface area contributed by atoms with Gasteiger partial charge in [0.15, 0.2) is 0 Å². The maximum atomic E-state index is 11.8. The minimum atomic E-state index is 0.00285. The third-order valence-electron chi connectivity index (χ3n) is 3.45. The predicted molar refractivity (Wildman–Crippen MR) is 67.9 cm³/mol. The number of hydrogen-bond acceptors (Lipinski definition) is 2. The number of pyridine rings is 1. The zero-order chi connectivity index (χ0) is 12.1. The molecule has 0 saturated heterocycles. The number of carbonyl (C=O) groups excluding carboxylic acids is 1. The predicted octanol–water partition coefficient (Wildman–Crippen LogP) is 2.70. The summed E-state index contributed by atoms with van der Waals surface area (Å²) in [6, 6.07) is 3.70. The van der Waals surface area contributed by atoms with Crippen molar-refractivity contribution in [3.8, 4) is 0 Å². The lowest BCUT2D eigenvalue weighted by Gasteiger charge is -2.21. The second kappa shape index (κ2) is 5.80. The van der Waals surface area contributed by atoms with Crippen LogP contribution in [-0.2, 0) is 0 Å². The molecule has 0 atom stereocenters. The number of nitrogens with one attached hydrogen (secondary N) is 1. The summed E-state index contributed by atoms with van der Waals surface area (Å²) in [5.74, 6) is 0.675. The highest BCUT2D eigenvalue weighted by Gasteiger charge is 2.14. The van der Waals surface area contributed by atoms with Gasteiger partial charge in [0.2, 0.25) is 0 Å². The smallest absolute Gasteiger partial charge is 0.252 e. The molecule has 1 aromatic heterocycles. The van der Waals surface area contributed by atoms with E-state index in [1.807, 2.05) is 19.1 Å². The molecule has 17 heavy (non-hydrogen) atoms. The van der Waals surface area contributed by atoms with Gasteiger partial charge in [0, 0.05) is 18.4 Å². The molecule has 1 aliphatic carbocycles. The van der Waals surface area contributed by atoms with Gasteiger partial charge in [-0.05, 0) is 37.8 Å². The summed E-state index contributed by atoms with van der Waals surface area (Å²) in [4.78, 5) is 16.0. The molecule has 1 aromatic rings. The largest absolute Gasteiger partial charge is 0.352 e. The maximum absolute atomic E-state index is 11.8. The van der Waals surface area contributed by atoms with Crippen molar-refractivity contribution >= 4 is 5.91 Å². The number of nitrogens with zero attached hydrogens (tertiary/aromatic N) is 1.